The number of nitrogens with zero attached hydrogens (tertiary/aromatic N) is 12. The largest absolute Gasteiger partial charge is 0.356 e. The number of hydrogen-bond donors (Lipinski definition) is 0. The molecule has 0 saturated carbocycles. The average Bonchev–Trinajstić information content (AvgIpc) is 3.34. The molecule has 0 aliphatic heterocycles. The molecule has 0 unspecified atom stereocenters. The third-order valence-electron chi connectivity index (χ3n) is 7.13. The van der Waals surface area contributed by atoms with Gasteiger partial charge in [0.25, 0.3) is 0 Å². The van der Waals surface area contributed by atoms with Crippen LogP contribution in [0.3, 0.4) is 0 Å². The number of hydrogen-bond acceptors (Lipinski definition) is 20. The molecule has 0 amide bonds. The van der Waals surface area contributed by atoms with Crippen LogP contribution in [0.4, 0.5) is 0 Å². The van der Waals surface area contributed by atoms with E-state index < -0.39 is 20.3 Å². The van der Waals surface area contributed by atoms with Crippen LogP contribution in [0.25, 0.3) is 45.6 Å². The summed E-state index contributed by atoms with van der Waals surface area (Å²) in [6.07, 6.45) is 13.8. The molecule has 0 bridgehead atoms. The number of halogens is 2. The van der Waals surface area contributed by atoms with Crippen molar-refractivity contribution in [3.05, 3.63) is 253 Å². The Bertz CT molecular complexity index is 2630. The number of rotatable bonds is 4. The molecule has 0 aromatic carbocycles. The Morgan fingerprint density at radius 2 is 0.569 bits per heavy atom. The van der Waals surface area contributed by atoms with E-state index in [9.17, 15) is 0 Å². The van der Waals surface area contributed by atoms with Crippen molar-refractivity contribution in [3.63, 3.8) is 0 Å². The van der Waals surface area contributed by atoms with Gasteiger partial charge >= 0.3 is 0 Å². The molecule has 0 aliphatic rings. The summed E-state index contributed by atoms with van der Waals surface area (Å²) in [4.78, 5) is 67.1. The molecular weight excluding hydrogens is 1350 g/mol. The maximum atomic E-state index is 8.25. The molecule has 8 rings (SSSR count). The molecular formula is C44H28Cl2N12O12Pt2-4. The second-order valence-corrected chi connectivity index (χ2v) is 12.7. The Kier molecular flexibility index (Phi) is 32.4. The Hall–Kier alpha value is -8.92. The summed E-state index contributed by atoms with van der Waals surface area (Å²) in [6, 6.07) is 37.4. The smallest absolute Gasteiger partial charge is 0.0909 e. The summed E-state index contributed by atoms with van der Waals surface area (Å²) in [5.74, 6) is 11.5. The summed E-state index contributed by atoms with van der Waals surface area (Å²) in [7, 11) is 0. The first-order valence-corrected chi connectivity index (χ1v) is 19.4. The van der Waals surface area contributed by atoms with Crippen molar-refractivity contribution in [2.45, 2.75) is 0 Å². The van der Waals surface area contributed by atoms with Crippen LogP contribution in [0, 0.1) is 85.0 Å². The van der Waals surface area contributed by atoms with Crippen LogP contribution in [0.5, 0.6) is 0 Å². The Morgan fingerprint density at radius 1 is 0.347 bits per heavy atom. The molecule has 72 heavy (non-hydrogen) atoms. The SMILES string of the molecule is C(C#Cc1ccncc1)#Cc1ccncc1.Clc1cc(-c2ccccn2)nc(-c2ccccn2)c1.Clc1cc(-c2ccccn2)nc(-c2ccccn2)c1.O=[N+]([O-])[O-].O=[N+]([O-])[O-].O=[N+]([O-])[O-].O=[N+]([O-])[O-].[Pt].[Pt]. The van der Waals surface area contributed by atoms with Crippen LogP contribution in [-0.2, 0) is 42.1 Å². The van der Waals surface area contributed by atoms with Gasteiger partial charge in [-0.25, -0.2) is 9.97 Å². The minimum atomic E-state index is -1.75. The predicted octanol–water partition coefficient (Wildman–Crippen LogP) is 8.64. The van der Waals surface area contributed by atoms with Gasteiger partial charge < -0.3 is 61.3 Å². The van der Waals surface area contributed by atoms with Crippen molar-refractivity contribution in [1.82, 2.24) is 39.9 Å². The summed E-state index contributed by atoms with van der Waals surface area (Å²) in [5, 5.41) is 60.2. The van der Waals surface area contributed by atoms with Crippen molar-refractivity contribution >= 4 is 23.2 Å². The van der Waals surface area contributed by atoms with Gasteiger partial charge in [-0.1, -0.05) is 59.3 Å². The molecule has 8 aromatic rings. The predicted molar refractivity (Wildman–Crippen MR) is 255 cm³/mol. The van der Waals surface area contributed by atoms with Crippen LogP contribution in [-0.4, -0.2) is 60.2 Å². The molecule has 8 aromatic heterocycles. The second kappa shape index (κ2) is 37.0. The van der Waals surface area contributed by atoms with E-state index >= 15 is 0 Å². The molecule has 24 nitrogen and oxygen atoms in total. The van der Waals surface area contributed by atoms with Crippen LogP contribution < -0.4 is 0 Å². The molecule has 0 spiro atoms. The normalized spacial score (nSPS) is 8.64. The third-order valence-corrected chi connectivity index (χ3v) is 7.56. The molecule has 0 fully saturated rings. The van der Waals surface area contributed by atoms with E-state index in [1.807, 2.05) is 97.1 Å². The molecule has 0 saturated heterocycles. The zero-order valence-corrected chi connectivity index (χ0v) is 41.9. The van der Waals surface area contributed by atoms with Gasteiger partial charge in [-0.15, -0.1) is 0 Å². The Labute approximate surface area is 445 Å². The molecule has 0 aliphatic carbocycles. The molecule has 0 N–H and O–H groups in total. The zero-order valence-electron chi connectivity index (χ0n) is 35.8. The van der Waals surface area contributed by atoms with Crippen molar-refractivity contribution in [2.24, 2.45) is 0 Å². The van der Waals surface area contributed by atoms with Crippen molar-refractivity contribution in [3.8, 4) is 69.2 Å². The van der Waals surface area contributed by atoms with E-state index in [2.05, 4.69) is 63.6 Å². The number of pyridine rings is 8. The maximum absolute atomic E-state index is 8.25. The first-order valence-electron chi connectivity index (χ1n) is 18.6. The summed E-state index contributed by atoms with van der Waals surface area (Å²) < 4.78 is 0. The van der Waals surface area contributed by atoms with Gasteiger partial charge in [0.1, 0.15) is 0 Å². The standard InChI is InChI=1S/2C15H10ClN3.C14H8N2.4NO3.2Pt/c2*16-11-9-14(12-5-1-3-7-17-12)19-15(10-11)13-6-2-4-8-18-13;1(3-13-5-9-15-10-6-13)2-4-14-7-11-16-12-8-14;4*2-1(3)4;;/h2*1-10H;5-12H;;;;;;/q;;;4*-1;;. The zero-order chi connectivity index (χ0) is 51.5. The summed E-state index contributed by atoms with van der Waals surface area (Å²) >= 11 is 12.3. The third kappa shape index (κ3) is 29.8. The quantitative estimate of drug-likeness (QED) is 0.0903. The second-order valence-electron chi connectivity index (χ2n) is 11.8. The van der Waals surface area contributed by atoms with Gasteiger partial charge in [-0.3, -0.25) is 29.9 Å². The fourth-order valence-electron chi connectivity index (χ4n) is 4.65. The topological polar surface area (TPSA) is 368 Å². The average molecular weight is 1380 g/mol. The van der Waals surface area contributed by atoms with Crippen LogP contribution >= 0.6 is 23.2 Å². The molecule has 0 radical (unpaired) electrons. The summed E-state index contributed by atoms with van der Waals surface area (Å²) in [5.41, 5.74) is 7.98. The fraction of sp³-hybridized carbons (Fsp3) is 0. The van der Waals surface area contributed by atoms with Crippen molar-refractivity contribution < 1.29 is 62.5 Å². The molecule has 8 heterocycles. The van der Waals surface area contributed by atoms with Crippen molar-refractivity contribution in [2.75, 3.05) is 0 Å². The van der Waals surface area contributed by atoms with E-state index in [0.717, 1.165) is 56.7 Å². The van der Waals surface area contributed by atoms with Crippen molar-refractivity contribution in [1.29, 1.82) is 0 Å². The minimum Gasteiger partial charge on any atom is -0.356 e. The summed E-state index contributed by atoms with van der Waals surface area (Å²) in [6.45, 7) is 0. The van der Waals surface area contributed by atoms with Crippen LogP contribution in [0.2, 0.25) is 10.0 Å². The van der Waals surface area contributed by atoms with Crippen LogP contribution in [0.1, 0.15) is 11.1 Å². The van der Waals surface area contributed by atoms with E-state index in [1.165, 1.54) is 0 Å². The maximum Gasteiger partial charge on any atom is 0.0909 e. The van der Waals surface area contributed by atoms with Gasteiger partial charge in [-0.2, -0.15) is 0 Å². The van der Waals surface area contributed by atoms with Crippen LogP contribution in [0.15, 0.2) is 171 Å². The molecule has 28 heteroatoms. The van der Waals surface area contributed by atoms with Gasteiger partial charge in [0.2, 0.25) is 0 Å². The van der Waals surface area contributed by atoms with E-state index in [4.69, 9.17) is 84.5 Å². The van der Waals surface area contributed by atoms with E-state index in [-0.39, 0.29) is 42.1 Å². The van der Waals surface area contributed by atoms with Gasteiger partial charge in [-0.05, 0) is 109 Å². The monoisotopic (exact) mass is 1380 g/mol. The van der Waals surface area contributed by atoms with E-state index in [0.29, 0.717) is 10.0 Å². The molecule has 374 valence electrons. The van der Waals surface area contributed by atoms with Gasteiger partial charge in [0.05, 0.1) is 65.9 Å². The first-order chi connectivity index (χ1) is 33.5. The Morgan fingerprint density at radius 3 is 0.764 bits per heavy atom. The van der Waals surface area contributed by atoms with E-state index in [1.54, 1.807) is 73.8 Å². The number of aromatic nitrogens is 8. The first kappa shape index (κ1) is 63.1. The van der Waals surface area contributed by atoms with Gasteiger partial charge in [0.15, 0.2) is 0 Å². The molecule has 0 atom stereocenters. The minimum absolute atomic E-state index is 0. The Balaban J connectivity index is 0.000000903. The fourth-order valence-corrected chi connectivity index (χ4v) is 5.07. The van der Waals surface area contributed by atoms with Gasteiger partial charge in [0, 0.05) is 113 Å².